The van der Waals surface area contributed by atoms with E-state index in [2.05, 4.69) is 10.3 Å². The van der Waals surface area contributed by atoms with Crippen LogP contribution in [0.25, 0.3) is 10.9 Å². The summed E-state index contributed by atoms with van der Waals surface area (Å²) in [5.41, 5.74) is 0.378. The third-order valence-corrected chi connectivity index (χ3v) is 3.21. The molecule has 0 bridgehead atoms. The van der Waals surface area contributed by atoms with Gasteiger partial charge < -0.3 is 10.1 Å². The van der Waals surface area contributed by atoms with Crippen molar-refractivity contribution in [3.05, 3.63) is 40.6 Å². The number of fused-ring (bicyclic) bond motifs is 1. The molecule has 0 spiro atoms. The minimum absolute atomic E-state index is 0.00694. The number of rotatable bonds is 3. The number of nitro groups is 1. The molecule has 6 heteroatoms. The average Bonchev–Trinajstić information content (AvgIpc) is 2.91. The topological polar surface area (TPSA) is 77.3 Å². The van der Waals surface area contributed by atoms with Crippen LogP contribution < -0.4 is 10.1 Å². The Bertz CT molecular complexity index is 624. The number of nitro benzene ring substituents is 1. The molecular weight excluding hydrogens is 246 g/mol. The van der Waals surface area contributed by atoms with Crippen molar-refractivity contribution in [3.8, 4) is 5.75 Å². The van der Waals surface area contributed by atoms with Gasteiger partial charge in [-0.05, 0) is 31.2 Å². The lowest BCUT2D eigenvalue weighted by molar-refractivity contribution is -0.383. The quantitative estimate of drug-likeness (QED) is 0.672. The van der Waals surface area contributed by atoms with Gasteiger partial charge in [0.1, 0.15) is 11.9 Å². The van der Waals surface area contributed by atoms with E-state index < -0.39 is 4.92 Å². The Kier molecular flexibility index (Phi) is 3.00. The second-order valence-electron chi connectivity index (χ2n) is 4.47. The van der Waals surface area contributed by atoms with Gasteiger partial charge in [-0.1, -0.05) is 0 Å². The molecular formula is C13H13N3O3. The highest BCUT2D eigenvalue weighted by Crippen LogP contribution is 2.32. The van der Waals surface area contributed by atoms with Gasteiger partial charge in [-0.15, -0.1) is 0 Å². The van der Waals surface area contributed by atoms with Crippen LogP contribution in [0, 0.1) is 10.1 Å². The van der Waals surface area contributed by atoms with Crippen LogP contribution in [0.15, 0.2) is 30.5 Å². The summed E-state index contributed by atoms with van der Waals surface area (Å²) in [6.07, 6.45) is 2.61. The van der Waals surface area contributed by atoms with Crippen LogP contribution in [0.3, 0.4) is 0 Å². The van der Waals surface area contributed by atoms with Crippen LogP contribution >= 0.6 is 0 Å². The molecule has 1 saturated heterocycles. The lowest BCUT2D eigenvalue weighted by Crippen LogP contribution is -2.19. The summed E-state index contributed by atoms with van der Waals surface area (Å²) in [6, 6.07) is 6.66. The van der Waals surface area contributed by atoms with E-state index in [1.165, 1.54) is 6.07 Å². The molecule has 1 atom stereocenters. The van der Waals surface area contributed by atoms with E-state index >= 15 is 0 Å². The molecule has 1 aromatic heterocycles. The van der Waals surface area contributed by atoms with Gasteiger partial charge in [0.25, 0.3) is 5.69 Å². The standard InChI is InChI=1S/C13H13N3O3/c17-16(18)11-3-4-12(19-9-5-7-14-8-9)10-2-1-6-15-13(10)11/h1-4,6,9,14H,5,7-8H2/t9-/m1/s1. The predicted molar refractivity (Wildman–Crippen MR) is 70.3 cm³/mol. The maximum atomic E-state index is 11.0. The molecule has 0 radical (unpaired) electrons. The fourth-order valence-electron chi connectivity index (χ4n) is 2.29. The van der Waals surface area contributed by atoms with E-state index in [0.717, 1.165) is 19.5 Å². The number of nitrogens with one attached hydrogen (secondary N) is 1. The van der Waals surface area contributed by atoms with Crippen molar-refractivity contribution in [2.45, 2.75) is 12.5 Å². The van der Waals surface area contributed by atoms with Crippen molar-refractivity contribution in [2.24, 2.45) is 0 Å². The van der Waals surface area contributed by atoms with Crippen LogP contribution in [-0.4, -0.2) is 29.1 Å². The first kappa shape index (κ1) is 11.9. The highest BCUT2D eigenvalue weighted by atomic mass is 16.6. The number of aromatic nitrogens is 1. The van der Waals surface area contributed by atoms with Crippen molar-refractivity contribution in [1.29, 1.82) is 0 Å². The summed E-state index contributed by atoms with van der Waals surface area (Å²) in [6.45, 7) is 1.74. The second kappa shape index (κ2) is 4.81. The normalized spacial score (nSPS) is 18.6. The molecule has 98 valence electrons. The summed E-state index contributed by atoms with van der Waals surface area (Å²) < 4.78 is 5.90. The first-order chi connectivity index (χ1) is 9.25. The van der Waals surface area contributed by atoms with Gasteiger partial charge in [-0.2, -0.15) is 0 Å². The Morgan fingerprint density at radius 3 is 3.05 bits per heavy atom. The number of nitrogens with zero attached hydrogens (tertiary/aromatic N) is 2. The van der Waals surface area contributed by atoms with E-state index in [9.17, 15) is 10.1 Å². The molecule has 3 rings (SSSR count). The molecule has 0 aliphatic carbocycles. The zero-order valence-electron chi connectivity index (χ0n) is 10.2. The van der Waals surface area contributed by atoms with E-state index in [1.54, 1.807) is 24.4 Å². The molecule has 1 aliphatic rings. The van der Waals surface area contributed by atoms with Crippen molar-refractivity contribution in [2.75, 3.05) is 13.1 Å². The molecule has 19 heavy (non-hydrogen) atoms. The van der Waals surface area contributed by atoms with E-state index in [0.29, 0.717) is 16.7 Å². The fourth-order valence-corrected chi connectivity index (χ4v) is 2.29. The largest absolute Gasteiger partial charge is 0.488 e. The summed E-state index contributed by atoms with van der Waals surface area (Å²) in [7, 11) is 0. The number of pyridine rings is 1. The van der Waals surface area contributed by atoms with Gasteiger partial charge >= 0.3 is 0 Å². The molecule has 6 nitrogen and oxygen atoms in total. The van der Waals surface area contributed by atoms with Gasteiger partial charge in [-0.25, -0.2) is 4.98 Å². The Balaban J connectivity index is 2.05. The lowest BCUT2D eigenvalue weighted by atomic mass is 10.1. The third-order valence-electron chi connectivity index (χ3n) is 3.21. The summed E-state index contributed by atoms with van der Waals surface area (Å²) in [5, 5.41) is 14.9. The van der Waals surface area contributed by atoms with Gasteiger partial charge in [0.15, 0.2) is 5.52 Å². The van der Waals surface area contributed by atoms with Crippen LogP contribution in [0.5, 0.6) is 5.75 Å². The smallest absolute Gasteiger partial charge is 0.295 e. The maximum Gasteiger partial charge on any atom is 0.295 e. The Morgan fingerprint density at radius 1 is 1.42 bits per heavy atom. The molecule has 1 aliphatic heterocycles. The minimum Gasteiger partial charge on any atom is -0.488 e. The summed E-state index contributed by atoms with van der Waals surface area (Å²) >= 11 is 0. The third kappa shape index (κ3) is 2.22. The van der Waals surface area contributed by atoms with Crippen LogP contribution in [0.4, 0.5) is 5.69 Å². The molecule has 2 heterocycles. The highest BCUT2D eigenvalue weighted by Gasteiger charge is 2.20. The first-order valence-electron chi connectivity index (χ1n) is 6.15. The molecule has 0 saturated carbocycles. The molecule has 0 amide bonds. The minimum atomic E-state index is -0.420. The Hall–Kier alpha value is -2.21. The number of hydrogen-bond donors (Lipinski definition) is 1. The average molecular weight is 259 g/mol. The van der Waals surface area contributed by atoms with E-state index in [1.807, 2.05) is 0 Å². The zero-order valence-corrected chi connectivity index (χ0v) is 10.2. The van der Waals surface area contributed by atoms with Gasteiger partial charge in [0, 0.05) is 24.2 Å². The van der Waals surface area contributed by atoms with Crippen LogP contribution in [0.2, 0.25) is 0 Å². The Morgan fingerprint density at radius 2 is 2.32 bits per heavy atom. The molecule has 1 aromatic carbocycles. The fraction of sp³-hybridized carbons (Fsp3) is 0.308. The molecule has 1 N–H and O–H groups in total. The SMILES string of the molecule is O=[N+]([O-])c1ccc(O[C@@H]2CCNC2)c2cccnc12. The van der Waals surface area contributed by atoms with E-state index in [-0.39, 0.29) is 11.8 Å². The zero-order chi connectivity index (χ0) is 13.2. The summed E-state index contributed by atoms with van der Waals surface area (Å²) in [4.78, 5) is 14.7. The number of non-ortho nitro benzene ring substituents is 1. The second-order valence-corrected chi connectivity index (χ2v) is 4.47. The van der Waals surface area contributed by atoms with Gasteiger partial charge in [0.05, 0.1) is 4.92 Å². The maximum absolute atomic E-state index is 11.0. The first-order valence-corrected chi connectivity index (χ1v) is 6.15. The Labute approximate surface area is 109 Å². The number of benzene rings is 1. The van der Waals surface area contributed by atoms with Gasteiger partial charge in [-0.3, -0.25) is 10.1 Å². The predicted octanol–water partition coefficient (Wildman–Crippen LogP) is 1.88. The molecule has 1 fully saturated rings. The van der Waals surface area contributed by atoms with Crippen LogP contribution in [0.1, 0.15) is 6.42 Å². The van der Waals surface area contributed by atoms with Crippen molar-refractivity contribution in [1.82, 2.24) is 10.3 Å². The monoisotopic (exact) mass is 259 g/mol. The van der Waals surface area contributed by atoms with Gasteiger partial charge in [0.2, 0.25) is 0 Å². The van der Waals surface area contributed by atoms with E-state index in [4.69, 9.17) is 4.74 Å². The van der Waals surface area contributed by atoms with Crippen molar-refractivity contribution in [3.63, 3.8) is 0 Å². The van der Waals surface area contributed by atoms with Crippen LogP contribution in [-0.2, 0) is 0 Å². The lowest BCUT2D eigenvalue weighted by Gasteiger charge is -2.14. The highest BCUT2D eigenvalue weighted by molar-refractivity contribution is 5.92. The number of ether oxygens (including phenoxy) is 1. The van der Waals surface area contributed by atoms with Crippen molar-refractivity contribution < 1.29 is 9.66 Å². The van der Waals surface area contributed by atoms with Crippen molar-refractivity contribution >= 4 is 16.6 Å². The summed E-state index contributed by atoms with van der Waals surface area (Å²) in [5.74, 6) is 0.655. The molecule has 0 unspecified atom stereocenters. The number of hydrogen-bond acceptors (Lipinski definition) is 5. The molecule has 2 aromatic rings.